The Hall–Kier alpha value is -4.73. The van der Waals surface area contributed by atoms with Crippen LogP contribution in [0, 0.1) is 11.7 Å². The number of benzene rings is 4. The Morgan fingerprint density at radius 3 is 2.22 bits per heavy atom. The van der Waals surface area contributed by atoms with Gasteiger partial charge in [0.15, 0.2) is 17.6 Å². The van der Waals surface area contributed by atoms with Crippen LogP contribution in [0.3, 0.4) is 0 Å². The first-order valence-electron chi connectivity index (χ1n) is 12.7. The average molecular weight is 573 g/mol. The van der Waals surface area contributed by atoms with E-state index in [1.165, 1.54) is 36.4 Å². The molecule has 0 aliphatic carbocycles. The molecule has 2 aliphatic rings. The smallest absolute Gasteiger partial charge is 0.343 e. The zero-order valence-electron chi connectivity index (χ0n) is 21.6. The maximum Gasteiger partial charge on any atom is 0.343 e. The molecular weight excluding hydrogens is 551 g/mol. The fourth-order valence-corrected chi connectivity index (χ4v) is 5.22. The molecule has 0 aromatic heterocycles. The zero-order chi connectivity index (χ0) is 28.7. The second-order valence-corrected chi connectivity index (χ2v) is 9.89. The van der Waals surface area contributed by atoms with Gasteiger partial charge in [0.1, 0.15) is 11.7 Å². The Labute approximate surface area is 239 Å². The number of imide groups is 1. The van der Waals surface area contributed by atoms with Crippen LogP contribution in [-0.4, -0.2) is 31.0 Å². The largest absolute Gasteiger partial charge is 0.493 e. The van der Waals surface area contributed by atoms with Gasteiger partial charge in [0, 0.05) is 5.02 Å². The summed E-state index contributed by atoms with van der Waals surface area (Å²) in [6.07, 6.45) is -1.13. The van der Waals surface area contributed by atoms with Crippen molar-refractivity contribution in [2.45, 2.75) is 12.1 Å². The summed E-state index contributed by atoms with van der Waals surface area (Å²) in [5.41, 5.74) is 1.76. The third-order valence-corrected chi connectivity index (χ3v) is 7.27. The number of methoxy groups -OCH3 is 1. The third kappa shape index (κ3) is 4.79. The summed E-state index contributed by atoms with van der Waals surface area (Å²) in [5, 5.41) is 2.01. The number of ether oxygens (including phenoxy) is 2. The molecule has 0 saturated carbocycles. The first kappa shape index (κ1) is 26.5. The van der Waals surface area contributed by atoms with E-state index < -0.39 is 41.7 Å². The van der Waals surface area contributed by atoms with Crippen molar-refractivity contribution in [3.8, 4) is 11.5 Å². The molecule has 206 valence electrons. The topological polar surface area (TPSA) is 85.4 Å². The highest BCUT2D eigenvalue weighted by atomic mass is 35.5. The molecular formula is C31H22ClFN2O6. The number of halogens is 2. The monoisotopic (exact) mass is 572 g/mol. The molecule has 2 fully saturated rings. The van der Waals surface area contributed by atoms with Crippen molar-refractivity contribution in [1.29, 1.82) is 0 Å². The number of hydroxylamine groups is 1. The first-order chi connectivity index (χ1) is 19.9. The number of hydrogen-bond donors (Lipinski definition) is 0. The number of carbonyl (C=O) groups excluding carboxylic acids is 3. The van der Waals surface area contributed by atoms with E-state index in [9.17, 15) is 18.8 Å². The van der Waals surface area contributed by atoms with Crippen LogP contribution in [-0.2, 0) is 14.4 Å². The average Bonchev–Trinajstić information content (AvgIpc) is 3.50. The van der Waals surface area contributed by atoms with E-state index in [0.717, 1.165) is 4.90 Å². The molecule has 0 spiro atoms. The van der Waals surface area contributed by atoms with Gasteiger partial charge in [0.25, 0.3) is 5.91 Å². The van der Waals surface area contributed by atoms with Gasteiger partial charge < -0.3 is 9.47 Å². The van der Waals surface area contributed by atoms with Gasteiger partial charge in [-0.25, -0.2) is 19.1 Å². The molecule has 3 atom stereocenters. The SMILES string of the molecule is COc1cc([C@@H]2[C@@H]3C(=O)N(c4ccc(F)cc4)C(=O)[C@H]3ON2c2ccc(Cl)cc2)ccc1OC(=O)c1ccccc1. The van der Waals surface area contributed by atoms with Crippen molar-refractivity contribution in [2.75, 3.05) is 17.1 Å². The van der Waals surface area contributed by atoms with Crippen LogP contribution in [0.15, 0.2) is 97.1 Å². The second-order valence-electron chi connectivity index (χ2n) is 9.45. The molecule has 0 unspecified atom stereocenters. The lowest BCUT2D eigenvalue weighted by atomic mass is 9.90. The van der Waals surface area contributed by atoms with Crippen LogP contribution in [0.2, 0.25) is 5.02 Å². The number of hydrogen-bond acceptors (Lipinski definition) is 7. The predicted molar refractivity (Wildman–Crippen MR) is 148 cm³/mol. The molecule has 2 saturated heterocycles. The highest BCUT2D eigenvalue weighted by Gasteiger charge is 2.60. The summed E-state index contributed by atoms with van der Waals surface area (Å²) in [6.45, 7) is 0. The second kappa shape index (κ2) is 10.7. The standard InChI is InChI=1S/C31H22ClFN2O6/c1-39-25-17-19(7-16-24(25)40-31(38)18-5-3-2-4-6-18)27-26-28(41-35(27)23-12-8-20(32)9-13-23)30(37)34(29(26)36)22-14-10-21(33)11-15-22/h2-17,26-28H,1H3/t26-,27+,28-/m0/s1. The molecule has 2 heterocycles. The summed E-state index contributed by atoms with van der Waals surface area (Å²) in [6, 6.07) is 24.6. The minimum absolute atomic E-state index is 0.181. The van der Waals surface area contributed by atoms with Crippen LogP contribution >= 0.6 is 11.6 Å². The normalized spacial score (nSPS) is 19.8. The van der Waals surface area contributed by atoms with Gasteiger partial charge >= 0.3 is 5.97 Å². The first-order valence-corrected chi connectivity index (χ1v) is 13.0. The van der Waals surface area contributed by atoms with Crippen molar-refractivity contribution in [1.82, 2.24) is 0 Å². The fraction of sp³-hybridized carbons (Fsp3) is 0.129. The third-order valence-electron chi connectivity index (χ3n) is 7.02. The number of rotatable bonds is 6. The van der Waals surface area contributed by atoms with Gasteiger partial charge in [-0.15, -0.1) is 0 Å². The van der Waals surface area contributed by atoms with Crippen LogP contribution in [0.1, 0.15) is 22.0 Å². The summed E-state index contributed by atoms with van der Waals surface area (Å²) in [5.74, 6) is -2.61. The molecule has 0 bridgehead atoms. The molecule has 2 aliphatic heterocycles. The predicted octanol–water partition coefficient (Wildman–Crippen LogP) is 5.76. The molecule has 2 amide bonds. The van der Waals surface area contributed by atoms with Crippen molar-refractivity contribution in [2.24, 2.45) is 5.92 Å². The summed E-state index contributed by atoms with van der Waals surface area (Å²) >= 11 is 6.10. The van der Waals surface area contributed by atoms with Crippen LogP contribution < -0.4 is 19.4 Å². The molecule has 0 N–H and O–H groups in total. The van der Waals surface area contributed by atoms with Crippen molar-refractivity contribution in [3.05, 3.63) is 119 Å². The lowest BCUT2D eigenvalue weighted by Crippen LogP contribution is -2.37. The van der Waals surface area contributed by atoms with Crippen molar-refractivity contribution < 1.29 is 33.1 Å². The van der Waals surface area contributed by atoms with E-state index in [1.54, 1.807) is 72.8 Å². The Morgan fingerprint density at radius 1 is 0.854 bits per heavy atom. The maximum atomic E-state index is 13.8. The van der Waals surface area contributed by atoms with Gasteiger partial charge in [0.05, 0.1) is 30.1 Å². The Bertz CT molecular complexity index is 1630. The summed E-state index contributed by atoms with van der Waals surface area (Å²) < 4.78 is 24.7. The minimum Gasteiger partial charge on any atom is -0.493 e. The molecule has 4 aromatic rings. The van der Waals surface area contributed by atoms with E-state index >= 15 is 0 Å². The molecule has 8 nitrogen and oxygen atoms in total. The summed E-state index contributed by atoms with van der Waals surface area (Å²) in [7, 11) is 1.43. The van der Waals surface area contributed by atoms with Gasteiger partial charge in [-0.3, -0.25) is 14.4 Å². The van der Waals surface area contributed by atoms with Crippen molar-refractivity contribution in [3.63, 3.8) is 0 Å². The van der Waals surface area contributed by atoms with E-state index in [1.807, 2.05) is 0 Å². The highest BCUT2D eigenvalue weighted by Crippen LogP contribution is 2.49. The fourth-order valence-electron chi connectivity index (χ4n) is 5.10. The van der Waals surface area contributed by atoms with Gasteiger partial charge in [0.2, 0.25) is 5.91 Å². The highest BCUT2D eigenvalue weighted by molar-refractivity contribution is 6.30. The molecule has 0 radical (unpaired) electrons. The molecule has 6 rings (SSSR count). The number of amides is 2. The zero-order valence-corrected chi connectivity index (χ0v) is 22.3. The Kier molecular flexibility index (Phi) is 6.90. The quantitative estimate of drug-likeness (QED) is 0.165. The number of nitrogens with zero attached hydrogens (tertiary/aromatic N) is 2. The lowest BCUT2D eigenvalue weighted by molar-refractivity contribution is -0.126. The van der Waals surface area contributed by atoms with Gasteiger partial charge in [-0.1, -0.05) is 35.9 Å². The van der Waals surface area contributed by atoms with Crippen LogP contribution in [0.25, 0.3) is 0 Å². The van der Waals surface area contributed by atoms with E-state index in [2.05, 4.69) is 0 Å². The molecule has 41 heavy (non-hydrogen) atoms. The number of fused-ring (bicyclic) bond motifs is 1. The maximum absolute atomic E-state index is 13.8. The Balaban J connectivity index is 1.38. The number of carbonyl (C=O) groups is 3. The minimum atomic E-state index is -1.13. The van der Waals surface area contributed by atoms with E-state index in [-0.39, 0.29) is 17.2 Å². The molecule has 4 aromatic carbocycles. The van der Waals surface area contributed by atoms with Crippen molar-refractivity contribution >= 4 is 40.8 Å². The van der Waals surface area contributed by atoms with Gasteiger partial charge in [-0.2, -0.15) is 0 Å². The van der Waals surface area contributed by atoms with Gasteiger partial charge in [-0.05, 0) is 78.4 Å². The van der Waals surface area contributed by atoms with E-state index in [4.69, 9.17) is 25.9 Å². The molecule has 10 heteroatoms. The van der Waals surface area contributed by atoms with E-state index in [0.29, 0.717) is 21.8 Å². The number of anilines is 2. The van der Waals surface area contributed by atoms with Crippen LogP contribution in [0.5, 0.6) is 11.5 Å². The number of esters is 1. The van der Waals surface area contributed by atoms with Crippen LogP contribution in [0.4, 0.5) is 15.8 Å². The Morgan fingerprint density at radius 2 is 1.54 bits per heavy atom. The lowest BCUT2D eigenvalue weighted by Gasteiger charge is -2.29. The summed E-state index contributed by atoms with van der Waals surface area (Å²) in [4.78, 5) is 47.1.